The number of halogens is 3. The van der Waals surface area contributed by atoms with Crippen LogP contribution >= 0.6 is 0 Å². The Labute approximate surface area is 91.1 Å². The lowest BCUT2D eigenvalue weighted by Crippen LogP contribution is -2.23. The van der Waals surface area contributed by atoms with Crippen LogP contribution in [0.4, 0.5) is 24.5 Å². The molecule has 0 fully saturated rings. The van der Waals surface area contributed by atoms with Gasteiger partial charge in [0.25, 0.3) is 0 Å². The number of alkyl halides is 3. The lowest BCUT2D eigenvalue weighted by Gasteiger charge is -2.12. The van der Waals surface area contributed by atoms with Crippen molar-refractivity contribution in [3.05, 3.63) is 18.2 Å². The zero-order valence-corrected chi connectivity index (χ0v) is 8.43. The van der Waals surface area contributed by atoms with Gasteiger partial charge >= 0.3 is 5.51 Å². The third-order valence-corrected chi connectivity index (χ3v) is 2.69. The summed E-state index contributed by atoms with van der Waals surface area (Å²) in [6.07, 6.45) is 1.14. The van der Waals surface area contributed by atoms with E-state index in [1.165, 1.54) is 0 Å². The van der Waals surface area contributed by atoms with Crippen molar-refractivity contribution in [3.63, 3.8) is 0 Å². The molecule has 1 unspecified atom stereocenters. The van der Waals surface area contributed by atoms with Gasteiger partial charge in [0.05, 0.1) is 16.9 Å². The van der Waals surface area contributed by atoms with Gasteiger partial charge in [-0.2, -0.15) is 4.99 Å². The van der Waals surface area contributed by atoms with Crippen molar-refractivity contribution in [1.82, 2.24) is 0 Å². The Morgan fingerprint density at radius 3 is 2.56 bits per heavy atom. The van der Waals surface area contributed by atoms with Crippen molar-refractivity contribution < 1.29 is 22.5 Å². The molecule has 0 saturated carbocycles. The van der Waals surface area contributed by atoms with Gasteiger partial charge in [-0.3, -0.25) is 0 Å². The van der Waals surface area contributed by atoms with Crippen molar-refractivity contribution in [3.8, 4) is 0 Å². The fraction of sp³-hybridized carbons (Fsp3) is 0.125. The SMILES string of the molecule is Nc1ccc([S+]([O-])C(F)(F)F)cc1N=C=O. The highest BCUT2D eigenvalue weighted by molar-refractivity contribution is 7.92. The summed E-state index contributed by atoms with van der Waals surface area (Å²) in [5, 5.41) is 0. The first kappa shape index (κ1) is 12.6. The predicted molar refractivity (Wildman–Crippen MR) is 51.1 cm³/mol. The molecule has 1 rings (SSSR count). The number of benzene rings is 1. The Bertz CT molecular complexity index is 443. The van der Waals surface area contributed by atoms with Crippen LogP contribution in [0.1, 0.15) is 0 Å². The summed E-state index contributed by atoms with van der Waals surface area (Å²) >= 11 is -3.17. The number of anilines is 1. The normalized spacial score (nSPS) is 13.0. The third kappa shape index (κ3) is 2.75. The first-order valence-electron chi connectivity index (χ1n) is 3.82. The molecule has 0 aliphatic heterocycles. The Morgan fingerprint density at radius 1 is 1.44 bits per heavy atom. The van der Waals surface area contributed by atoms with Crippen molar-refractivity contribution in [2.45, 2.75) is 10.4 Å². The Hall–Kier alpha value is -1.50. The van der Waals surface area contributed by atoms with E-state index in [0.717, 1.165) is 24.3 Å². The third-order valence-electron chi connectivity index (χ3n) is 1.59. The Kier molecular flexibility index (Phi) is 3.58. The molecule has 0 amide bonds. The predicted octanol–water partition coefficient (Wildman–Crippen LogP) is 1.86. The topological polar surface area (TPSA) is 78.5 Å². The number of hydrogen-bond acceptors (Lipinski definition) is 4. The molecule has 0 saturated heterocycles. The molecule has 16 heavy (non-hydrogen) atoms. The van der Waals surface area contributed by atoms with Crippen LogP contribution < -0.4 is 5.73 Å². The van der Waals surface area contributed by atoms with Crippen LogP contribution in [0.2, 0.25) is 0 Å². The molecule has 0 aliphatic rings. The molecular formula is C8H5F3N2O2S. The van der Waals surface area contributed by atoms with Gasteiger partial charge < -0.3 is 10.3 Å². The molecule has 86 valence electrons. The van der Waals surface area contributed by atoms with Crippen LogP contribution in [0.3, 0.4) is 0 Å². The van der Waals surface area contributed by atoms with E-state index in [-0.39, 0.29) is 11.4 Å². The molecule has 1 atom stereocenters. The van der Waals surface area contributed by atoms with E-state index in [1.54, 1.807) is 0 Å². The summed E-state index contributed by atoms with van der Waals surface area (Å²) in [5.41, 5.74) is 0.285. The molecule has 0 heterocycles. The maximum Gasteiger partial charge on any atom is 0.578 e. The molecule has 2 N–H and O–H groups in total. The maximum absolute atomic E-state index is 12.1. The minimum atomic E-state index is -4.86. The molecule has 0 aliphatic carbocycles. The van der Waals surface area contributed by atoms with E-state index in [4.69, 9.17) is 5.73 Å². The number of nitrogens with two attached hydrogens (primary N) is 1. The lowest BCUT2D eigenvalue weighted by molar-refractivity contribution is -0.0435. The molecule has 0 spiro atoms. The first-order valence-corrected chi connectivity index (χ1v) is 4.97. The quantitative estimate of drug-likeness (QED) is 0.376. The second-order valence-corrected chi connectivity index (χ2v) is 4.11. The highest BCUT2D eigenvalue weighted by atomic mass is 32.2. The largest absolute Gasteiger partial charge is 0.604 e. The number of rotatable bonds is 2. The molecular weight excluding hydrogens is 245 g/mol. The maximum atomic E-state index is 12.1. The van der Waals surface area contributed by atoms with Crippen molar-refractivity contribution in [2.24, 2.45) is 4.99 Å². The minimum Gasteiger partial charge on any atom is -0.604 e. The van der Waals surface area contributed by atoms with Crippen LogP contribution in [-0.4, -0.2) is 16.1 Å². The van der Waals surface area contributed by atoms with E-state index in [2.05, 4.69) is 4.99 Å². The summed E-state index contributed by atoms with van der Waals surface area (Å²) in [6, 6.07) is 2.89. The van der Waals surface area contributed by atoms with Crippen LogP contribution in [0.5, 0.6) is 0 Å². The first-order chi connectivity index (χ1) is 7.36. The van der Waals surface area contributed by atoms with Gasteiger partial charge in [0, 0.05) is 6.07 Å². The summed E-state index contributed by atoms with van der Waals surface area (Å²) in [4.78, 5) is 12.5. The number of nitrogens with zero attached hydrogens (tertiary/aromatic N) is 1. The molecule has 0 bridgehead atoms. The van der Waals surface area contributed by atoms with E-state index in [1.807, 2.05) is 0 Å². The smallest absolute Gasteiger partial charge is 0.578 e. The fourth-order valence-electron chi connectivity index (χ4n) is 0.918. The van der Waals surface area contributed by atoms with Gasteiger partial charge in [-0.1, -0.05) is 0 Å². The van der Waals surface area contributed by atoms with E-state index in [9.17, 15) is 22.5 Å². The fourth-order valence-corrected chi connectivity index (χ4v) is 1.60. The van der Waals surface area contributed by atoms with Gasteiger partial charge in [0.2, 0.25) is 6.08 Å². The molecule has 0 aromatic heterocycles. The van der Waals surface area contributed by atoms with Crippen LogP contribution in [0.15, 0.2) is 28.1 Å². The molecule has 1 aromatic carbocycles. The second-order valence-electron chi connectivity index (χ2n) is 2.64. The molecule has 0 radical (unpaired) electrons. The minimum absolute atomic E-state index is 0.00581. The summed E-state index contributed by atoms with van der Waals surface area (Å²) < 4.78 is 47.3. The molecule has 4 nitrogen and oxygen atoms in total. The average Bonchev–Trinajstić information content (AvgIpc) is 2.19. The molecule has 8 heteroatoms. The Morgan fingerprint density at radius 2 is 2.06 bits per heavy atom. The summed E-state index contributed by atoms with van der Waals surface area (Å²) in [6.45, 7) is 0. The molecule has 1 aromatic rings. The van der Waals surface area contributed by atoms with E-state index in [0.29, 0.717) is 0 Å². The van der Waals surface area contributed by atoms with Crippen LogP contribution in [0.25, 0.3) is 0 Å². The van der Waals surface area contributed by atoms with Crippen molar-refractivity contribution >= 4 is 28.6 Å². The number of aliphatic imine (C=N–C) groups is 1. The average molecular weight is 250 g/mol. The number of isocyanates is 1. The lowest BCUT2D eigenvalue weighted by atomic mass is 10.3. The zero-order valence-electron chi connectivity index (χ0n) is 7.62. The zero-order chi connectivity index (χ0) is 12.3. The van der Waals surface area contributed by atoms with Crippen molar-refractivity contribution in [2.75, 3.05) is 5.73 Å². The highest BCUT2D eigenvalue weighted by Crippen LogP contribution is 2.33. The van der Waals surface area contributed by atoms with Gasteiger partial charge in [-0.15, -0.1) is 13.2 Å². The summed E-state index contributed by atoms with van der Waals surface area (Å²) in [7, 11) is 0. The van der Waals surface area contributed by atoms with Crippen molar-refractivity contribution in [1.29, 1.82) is 0 Å². The summed E-state index contributed by atoms with van der Waals surface area (Å²) in [5.74, 6) is 0. The van der Waals surface area contributed by atoms with Gasteiger partial charge in [-0.05, 0) is 12.1 Å². The van der Waals surface area contributed by atoms with Gasteiger partial charge in [-0.25, -0.2) is 4.79 Å². The van der Waals surface area contributed by atoms with Gasteiger partial charge in [0.1, 0.15) is 5.69 Å². The van der Waals surface area contributed by atoms with Crippen LogP contribution in [0, 0.1) is 0 Å². The van der Waals surface area contributed by atoms with E-state index < -0.39 is 21.6 Å². The monoisotopic (exact) mass is 250 g/mol. The van der Waals surface area contributed by atoms with Crippen LogP contribution in [-0.2, 0) is 16.0 Å². The number of nitrogen functional groups attached to an aromatic ring is 1. The number of hydrogen-bond donors (Lipinski definition) is 1. The van der Waals surface area contributed by atoms with E-state index >= 15 is 0 Å². The van der Waals surface area contributed by atoms with Gasteiger partial charge in [0.15, 0.2) is 4.90 Å². The Balaban J connectivity index is 3.17. The standard InChI is InChI=1S/C8H5F3N2O2S/c9-8(10,11)16(15)5-1-2-6(12)7(3-5)13-4-14/h1-3H,12H2. The highest BCUT2D eigenvalue weighted by Gasteiger charge is 2.46. The second kappa shape index (κ2) is 4.56. The number of carbonyl (C=O) groups excluding carboxylic acids is 1.